The first-order chi connectivity index (χ1) is 8.72. The summed E-state index contributed by atoms with van der Waals surface area (Å²) in [6.07, 6.45) is 5.34. The highest BCUT2D eigenvalue weighted by atomic mass is 32.2. The number of nitrogens with zero attached hydrogens (tertiary/aromatic N) is 1. The first kappa shape index (κ1) is 14.6. The molecule has 0 aromatic heterocycles. The Morgan fingerprint density at radius 1 is 1.50 bits per heavy atom. The van der Waals surface area contributed by atoms with Crippen LogP contribution in [0.15, 0.2) is 34.3 Å². The van der Waals surface area contributed by atoms with Crippen LogP contribution in [0.3, 0.4) is 0 Å². The van der Waals surface area contributed by atoms with Gasteiger partial charge in [-0.1, -0.05) is 31.9 Å². The van der Waals surface area contributed by atoms with Crippen molar-refractivity contribution in [1.82, 2.24) is 5.43 Å². The minimum atomic E-state index is -0.656. The van der Waals surface area contributed by atoms with Gasteiger partial charge in [0.05, 0.1) is 6.21 Å². The van der Waals surface area contributed by atoms with Crippen LogP contribution in [0.1, 0.15) is 31.7 Å². The van der Waals surface area contributed by atoms with E-state index in [-0.39, 0.29) is 0 Å². The van der Waals surface area contributed by atoms with Crippen molar-refractivity contribution in [1.29, 1.82) is 0 Å². The number of carbonyl (C=O) groups is 1. The molecule has 0 spiro atoms. The molecule has 0 saturated carbocycles. The number of carbonyl (C=O) groups excluding carboxylic acids is 1. The molecule has 0 atom stereocenters. The number of hydrogen-bond donors (Lipinski definition) is 2. The summed E-state index contributed by atoms with van der Waals surface area (Å²) < 4.78 is 0. The second-order valence-electron chi connectivity index (χ2n) is 3.86. The van der Waals surface area contributed by atoms with Crippen molar-refractivity contribution in [3.8, 4) is 0 Å². The Bertz CT molecular complexity index is 407. The highest BCUT2D eigenvalue weighted by Crippen LogP contribution is 2.20. The van der Waals surface area contributed by atoms with Crippen LogP contribution in [0.5, 0.6) is 0 Å². The van der Waals surface area contributed by atoms with Gasteiger partial charge in [-0.2, -0.15) is 5.10 Å². The quantitative estimate of drug-likeness (QED) is 0.344. The monoisotopic (exact) mass is 265 g/mol. The number of rotatable bonds is 7. The first-order valence-corrected chi connectivity index (χ1v) is 7.02. The van der Waals surface area contributed by atoms with Gasteiger partial charge in [0, 0.05) is 4.90 Å². The lowest BCUT2D eigenvalue weighted by molar-refractivity contribution is 0.249. The summed E-state index contributed by atoms with van der Waals surface area (Å²) in [5, 5.41) is 3.73. The van der Waals surface area contributed by atoms with Gasteiger partial charge in [-0.3, -0.25) is 0 Å². The molecule has 1 rings (SSSR count). The smallest absolute Gasteiger partial charge is 0.332 e. The van der Waals surface area contributed by atoms with E-state index in [2.05, 4.69) is 23.5 Å². The van der Waals surface area contributed by atoms with Gasteiger partial charge in [-0.15, -0.1) is 11.8 Å². The Labute approximate surface area is 112 Å². The van der Waals surface area contributed by atoms with Crippen LogP contribution in [0.25, 0.3) is 0 Å². The van der Waals surface area contributed by atoms with Gasteiger partial charge in [0.1, 0.15) is 0 Å². The average Bonchev–Trinajstić information content (AvgIpc) is 2.35. The molecular weight excluding hydrogens is 246 g/mol. The summed E-state index contributed by atoms with van der Waals surface area (Å²) >= 11 is 1.84. The van der Waals surface area contributed by atoms with Gasteiger partial charge >= 0.3 is 6.03 Å². The van der Waals surface area contributed by atoms with Crippen LogP contribution >= 0.6 is 11.8 Å². The minimum Gasteiger partial charge on any atom is -0.350 e. The second kappa shape index (κ2) is 8.58. The number of primary amides is 1. The zero-order chi connectivity index (χ0) is 13.2. The third-order valence-electron chi connectivity index (χ3n) is 2.26. The summed E-state index contributed by atoms with van der Waals surface area (Å²) in [7, 11) is 0. The van der Waals surface area contributed by atoms with E-state index in [0.717, 1.165) is 11.3 Å². The number of nitrogens with two attached hydrogens (primary N) is 1. The van der Waals surface area contributed by atoms with Crippen LogP contribution in [0.4, 0.5) is 4.79 Å². The lowest BCUT2D eigenvalue weighted by Crippen LogP contribution is -2.24. The molecule has 1 aromatic rings. The maximum Gasteiger partial charge on any atom is 0.332 e. The van der Waals surface area contributed by atoms with E-state index >= 15 is 0 Å². The summed E-state index contributed by atoms with van der Waals surface area (Å²) in [6.45, 7) is 2.20. The SMILES string of the molecule is CCCCCSc1cccc(C=NNC(N)=O)c1. The number of thioether (sulfide) groups is 1. The largest absolute Gasteiger partial charge is 0.350 e. The first-order valence-electron chi connectivity index (χ1n) is 6.03. The van der Waals surface area contributed by atoms with Crippen molar-refractivity contribution in [3.63, 3.8) is 0 Å². The Morgan fingerprint density at radius 2 is 2.33 bits per heavy atom. The number of benzene rings is 1. The second-order valence-corrected chi connectivity index (χ2v) is 5.03. The molecule has 0 radical (unpaired) electrons. The zero-order valence-electron chi connectivity index (χ0n) is 10.6. The number of urea groups is 1. The Balaban J connectivity index is 2.46. The maximum atomic E-state index is 10.5. The van der Waals surface area contributed by atoms with Gasteiger partial charge in [-0.25, -0.2) is 10.2 Å². The zero-order valence-corrected chi connectivity index (χ0v) is 11.4. The van der Waals surface area contributed by atoms with Crippen molar-refractivity contribution in [2.75, 3.05) is 5.75 Å². The van der Waals surface area contributed by atoms with Gasteiger partial charge < -0.3 is 5.73 Å². The van der Waals surface area contributed by atoms with Crippen molar-refractivity contribution in [2.45, 2.75) is 31.1 Å². The molecule has 0 heterocycles. The minimum absolute atomic E-state index is 0.656. The van der Waals surface area contributed by atoms with Gasteiger partial charge in [0.15, 0.2) is 0 Å². The lowest BCUT2D eigenvalue weighted by Gasteiger charge is -2.02. The van der Waals surface area contributed by atoms with Crippen LogP contribution in [-0.4, -0.2) is 18.0 Å². The van der Waals surface area contributed by atoms with E-state index in [1.807, 2.05) is 30.0 Å². The maximum absolute atomic E-state index is 10.5. The molecular formula is C13H19N3OS. The van der Waals surface area contributed by atoms with Crippen molar-refractivity contribution >= 4 is 24.0 Å². The fourth-order valence-electron chi connectivity index (χ4n) is 1.40. The molecule has 0 aliphatic carbocycles. The average molecular weight is 265 g/mol. The molecule has 3 N–H and O–H groups in total. The fourth-order valence-corrected chi connectivity index (χ4v) is 2.38. The lowest BCUT2D eigenvalue weighted by atomic mass is 10.2. The predicted octanol–water partition coefficient (Wildman–Crippen LogP) is 2.97. The Kier molecular flexibility index (Phi) is 6.94. The molecule has 0 aliphatic rings. The number of amides is 2. The topological polar surface area (TPSA) is 67.5 Å². The Morgan fingerprint density at radius 3 is 3.06 bits per heavy atom. The van der Waals surface area contributed by atoms with Gasteiger partial charge in [-0.05, 0) is 29.9 Å². The molecule has 18 heavy (non-hydrogen) atoms. The molecule has 2 amide bonds. The molecule has 0 unspecified atom stereocenters. The molecule has 0 aliphatic heterocycles. The van der Waals surface area contributed by atoms with Crippen LogP contribution in [-0.2, 0) is 0 Å². The molecule has 1 aromatic carbocycles. The predicted molar refractivity (Wildman–Crippen MR) is 77.0 cm³/mol. The van der Waals surface area contributed by atoms with Crippen LogP contribution in [0.2, 0.25) is 0 Å². The highest BCUT2D eigenvalue weighted by Gasteiger charge is 1.95. The normalized spacial score (nSPS) is 10.7. The van der Waals surface area contributed by atoms with Gasteiger partial charge in [0.25, 0.3) is 0 Å². The number of hydrazone groups is 1. The molecule has 5 heteroatoms. The highest BCUT2D eigenvalue weighted by molar-refractivity contribution is 7.99. The third-order valence-corrected chi connectivity index (χ3v) is 3.34. The number of nitrogens with one attached hydrogen (secondary N) is 1. The molecule has 0 bridgehead atoms. The van der Waals surface area contributed by atoms with E-state index < -0.39 is 6.03 Å². The molecule has 0 fully saturated rings. The van der Waals surface area contributed by atoms with Crippen LogP contribution < -0.4 is 11.2 Å². The van der Waals surface area contributed by atoms with Crippen molar-refractivity contribution in [3.05, 3.63) is 29.8 Å². The van der Waals surface area contributed by atoms with Gasteiger partial charge in [0.2, 0.25) is 0 Å². The van der Waals surface area contributed by atoms with Crippen LogP contribution in [0, 0.1) is 0 Å². The number of hydrogen-bond acceptors (Lipinski definition) is 3. The summed E-state index contributed by atoms with van der Waals surface area (Å²) in [4.78, 5) is 11.7. The third kappa shape index (κ3) is 6.30. The van der Waals surface area contributed by atoms with Crippen molar-refractivity contribution < 1.29 is 4.79 Å². The van der Waals surface area contributed by atoms with E-state index in [4.69, 9.17) is 5.73 Å². The molecule has 4 nitrogen and oxygen atoms in total. The van der Waals surface area contributed by atoms with E-state index in [1.54, 1.807) is 6.21 Å². The standard InChI is InChI=1S/C13H19N3OS/c1-2-3-4-8-18-12-7-5-6-11(9-12)10-15-16-13(14)17/h5-7,9-10H,2-4,8H2,1H3,(H3,14,16,17). The summed E-state index contributed by atoms with van der Waals surface area (Å²) in [6, 6.07) is 7.38. The Hall–Kier alpha value is -1.49. The van der Waals surface area contributed by atoms with E-state index in [0.29, 0.717) is 0 Å². The van der Waals surface area contributed by atoms with E-state index in [9.17, 15) is 4.79 Å². The number of unbranched alkanes of at least 4 members (excludes halogenated alkanes) is 2. The van der Waals surface area contributed by atoms with Crippen molar-refractivity contribution in [2.24, 2.45) is 10.8 Å². The summed E-state index contributed by atoms with van der Waals surface area (Å²) in [5.41, 5.74) is 8.04. The molecule has 98 valence electrons. The van der Waals surface area contributed by atoms with E-state index in [1.165, 1.54) is 24.2 Å². The molecule has 0 saturated heterocycles. The summed E-state index contributed by atoms with van der Waals surface area (Å²) in [5.74, 6) is 1.13. The fraction of sp³-hybridized carbons (Fsp3) is 0.385.